The Balaban J connectivity index is 1.38. The third kappa shape index (κ3) is 6.54. The van der Waals surface area contributed by atoms with Crippen LogP contribution >= 0.6 is 0 Å². The molecule has 0 saturated heterocycles. The highest BCUT2D eigenvalue weighted by atomic mass is 16.2. The number of hydrogen-bond acceptors (Lipinski definition) is 4. The zero-order valence-electron chi connectivity index (χ0n) is 18.3. The van der Waals surface area contributed by atoms with Crippen molar-refractivity contribution in [2.24, 2.45) is 0 Å². The summed E-state index contributed by atoms with van der Waals surface area (Å²) in [6, 6.07) is 24.6. The molecule has 3 aromatic carbocycles. The molecule has 1 saturated carbocycles. The quantitative estimate of drug-likeness (QED) is 0.298. The normalized spacial score (nSPS) is 14.1. The molecule has 4 rings (SSSR count). The molecule has 1 atom stereocenters. The van der Waals surface area contributed by atoms with Gasteiger partial charge in [0.2, 0.25) is 11.8 Å². The van der Waals surface area contributed by atoms with E-state index in [1.807, 2.05) is 66.7 Å². The third-order valence-corrected chi connectivity index (χ3v) is 5.47. The lowest BCUT2D eigenvalue weighted by Crippen LogP contribution is -2.38. The first-order valence-corrected chi connectivity index (χ1v) is 11.1. The second-order valence-corrected chi connectivity index (χ2v) is 8.15. The maximum atomic E-state index is 12.9. The van der Waals surface area contributed by atoms with Gasteiger partial charge in [-0.15, -0.1) is 0 Å². The molecule has 1 aliphatic carbocycles. The Kier molecular flexibility index (Phi) is 7.17. The summed E-state index contributed by atoms with van der Waals surface area (Å²) in [5.74, 6) is -0.306. The second kappa shape index (κ2) is 10.6. The predicted octanol–water partition coefficient (Wildman–Crippen LogP) is 4.03. The Bertz CT molecular complexity index is 1120. The summed E-state index contributed by atoms with van der Waals surface area (Å²) >= 11 is 0. The summed E-state index contributed by atoms with van der Waals surface area (Å²) in [5.41, 5.74) is 9.78. The average molecular weight is 441 g/mol. The van der Waals surface area contributed by atoms with Crippen molar-refractivity contribution in [1.82, 2.24) is 10.6 Å². The Morgan fingerprint density at radius 2 is 1.64 bits per heavy atom. The van der Waals surface area contributed by atoms with Gasteiger partial charge in [-0.05, 0) is 47.7 Å². The molecule has 6 nitrogen and oxygen atoms in total. The number of nitrogens with one attached hydrogen (secondary N) is 3. The van der Waals surface area contributed by atoms with Crippen molar-refractivity contribution in [3.8, 4) is 0 Å². The fourth-order valence-corrected chi connectivity index (χ4v) is 3.45. The number of carbonyl (C=O) groups is 2. The van der Waals surface area contributed by atoms with E-state index in [-0.39, 0.29) is 11.8 Å². The molecule has 5 N–H and O–H groups in total. The molecule has 3 aromatic rings. The van der Waals surface area contributed by atoms with Crippen LogP contribution in [0.4, 0.5) is 11.4 Å². The van der Waals surface area contributed by atoms with Gasteiger partial charge in [-0.2, -0.15) is 0 Å². The fraction of sp³-hybridized carbons (Fsp3) is 0.185. The van der Waals surface area contributed by atoms with Crippen LogP contribution in [0.3, 0.4) is 0 Å². The highest BCUT2D eigenvalue weighted by molar-refractivity contribution is 6.03. The Morgan fingerprint density at radius 1 is 0.939 bits per heavy atom. The van der Waals surface area contributed by atoms with Crippen LogP contribution < -0.4 is 21.7 Å². The van der Waals surface area contributed by atoms with E-state index in [4.69, 9.17) is 5.73 Å². The summed E-state index contributed by atoms with van der Waals surface area (Å²) in [5, 5.41) is 9.24. The molecule has 0 heterocycles. The molecule has 1 unspecified atom stereocenters. The van der Waals surface area contributed by atoms with Gasteiger partial charge in [-0.25, -0.2) is 0 Å². The zero-order chi connectivity index (χ0) is 23.0. The molecule has 0 spiro atoms. The van der Waals surface area contributed by atoms with E-state index in [9.17, 15) is 9.59 Å². The topological polar surface area (TPSA) is 96.2 Å². The van der Waals surface area contributed by atoms with Crippen molar-refractivity contribution < 1.29 is 9.59 Å². The minimum atomic E-state index is -0.413. The lowest BCUT2D eigenvalue weighted by atomic mass is 10.0. The van der Waals surface area contributed by atoms with Crippen LogP contribution in [0.1, 0.15) is 35.6 Å². The van der Waals surface area contributed by atoms with Crippen LogP contribution in [0, 0.1) is 0 Å². The average Bonchev–Trinajstić information content (AvgIpc) is 3.67. The van der Waals surface area contributed by atoms with Gasteiger partial charge in [-0.1, -0.05) is 66.7 Å². The van der Waals surface area contributed by atoms with Gasteiger partial charge in [0.1, 0.15) is 6.04 Å². The minimum Gasteiger partial charge on any atom is -0.397 e. The number of benzene rings is 3. The van der Waals surface area contributed by atoms with Gasteiger partial charge in [0.15, 0.2) is 0 Å². The highest BCUT2D eigenvalue weighted by Crippen LogP contribution is 2.25. The smallest absolute Gasteiger partial charge is 0.248 e. The van der Waals surface area contributed by atoms with E-state index >= 15 is 0 Å². The number of hydrogen-bond donors (Lipinski definition) is 4. The van der Waals surface area contributed by atoms with Crippen LogP contribution in [0.5, 0.6) is 0 Å². The van der Waals surface area contributed by atoms with Crippen LogP contribution in [-0.4, -0.2) is 17.9 Å². The molecule has 168 valence electrons. The van der Waals surface area contributed by atoms with E-state index in [2.05, 4.69) is 16.0 Å². The summed E-state index contributed by atoms with van der Waals surface area (Å²) < 4.78 is 0. The van der Waals surface area contributed by atoms with Gasteiger partial charge in [0.25, 0.3) is 0 Å². The molecule has 0 aliphatic heterocycles. The lowest BCUT2D eigenvalue weighted by Gasteiger charge is -2.19. The molecule has 0 radical (unpaired) electrons. The van der Waals surface area contributed by atoms with Crippen molar-refractivity contribution in [3.63, 3.8) is 0 Å². The lowest BCUT2D eigenvalue weighted by molar-refractivity contribution is -0.123. The van der Waals surface area contributed by atoms with Crippen molar-refractivity contribution in [2.45, 2.75) is 31.5 Å². The van der Waals surface area contributed by atoms with Crippen molar-refractivity contribution in [1.29, 1.82) is 0 Å². The van der Waals surface area contributed by atoms with E-state index in [0.717, 1.165) is 29.5 Å². The van der Waals surface area contributed by atoms with Crippen LogP contribution in [0.15, 0.2) is 84.9 Å². The Hall–Kier alpha value is -3.90. The third-order valence-electron chi connectivity index (χ3n) is 5.47. The molecule has 2 amide bonds. The van der Waals surface area contributed by atoms with Gasteiger partial charge in [0, 0.05) is 18.7 Å². The molecular weight excluding hydrogens is 412 g/mol. The van der Waals surface area contributed by atoms with E-state index in [0.29, 0.717) is 24.0 Å². The molecule has 0 aromatic heterocycles. The molecule has 0 bridgehead atoms. The first-order chi connectivity index (χ1) is 16.1. The van der Waals surface area contributed by atoms with Crippen molar-refractivity contribution >= 4 is 29.3 Å². The maximum absolute atomic E-state index is 12.9. The Labute approximate surface area is 193 Å². The summed E-state index contributed by atoms with van der Waals surface area (Å²) in [4.78, 5) is 25.1. The monoisotopic (exact) mass is 440 g/mol. The van der Waals surface area contributed by atoms with E-state index in [1.54, 1.807) is 18.2 Å². The zero-order valence-corrected chi connectivity index (χ0v) is 18.3. The minimum absolute atomic E-state index is 0.0473. The Morgan fingerprint density at radius 3 is 2.33 bits per heavy atom. The maximum Gasteiger partial charge on any atom is 0.248 e. The van der Waals surface area contributed by atoms with E-state index in [1.165, 1.54) is 6.08 Å². The molecule has 6 heteroatoms. The van der Waals surface area contributed by atoms with Gasteiger partial charge >= 0.3 is 0 Å². The van der Waals surface area contributed by atoms with E-state index < -0.39 is 6.04 Å². The first-order valence-electron chi connectivity index (χ1n) is 11.1. The molecule has 1 aliphatic rings. The largest absolute Gasteiger partial charge is 0.397 e. The molecule has 33 heavy (non-hydrogen) atoms. The highest BCUT2D eigenvalue weighted by Gasteiger charge is 2.29. The van der Waals surface area contributed by atoms with Crippen molar-refractivity contribution in [3.05, 3.63) is 102 Å². The second-order valence-electron chi connectivity index (χ2n) is 8.15. The van der Waals surface area contributed by atoms with Crippen LogP contribution in [0.2, 0.25) is 0 Å². The molecule has 1 fully saturated rings. The van der Waals surface area contributed by atoms with Gasteiger partial charge in [-0.3, -0.25) is 14.9 Å². The SMILES string of the molecule is Nc1ccccc1NC(=O)C=Cc1ccc(C(NC2CC2)C(=O)NCc2ccccc2)cc1. The number of anilines is 2. The van der Waals surface area contributed by atoms with Crippen molar-refractivity contribution in [2.75, 3.05) is 11.1 Å². The summed E-state index contributed by atoms with van der Waals surface area (Å²) in [6.07, 6.45) is 5.37. The van der Waals surface area contributed by atoms with Crippen LogP contribution in [0.25, 0.3) is 6.08 Å². The number of para-hydroxylation sites is 2. The predicted molar refractivity (Wildman–Crippen MR) is 132 cm³/mol. The molecular formula is C27H28N4O2. The fourth-order valence-electron chi connectivity index (χ4n) is 3.45. The van der Waals surface area contributed by atoms with Gasteiger partial charge < -0.3 is 16.4 Å². The summed E-state index contributed by atoms with van der Waals surface area (Å²) in [7, 11) is 0. The number of rotatable bonds is 9. The standard InChI is InChI=1S/C27H28N4O2/c28-23-8-4-5-9-24(23)31-25(32)17-12-19-10-13-21(14-11-19)26(30-22-15-16-22)27(33)29-18-20-6-2-1-3-7-20/h1-14,17,22,26,30H,15-16,18,28H2,(H,29,33)(H,31,32). The van der Waals surface area contributed by atoms with Gasteiger partial charge in [0.05, 0.1) is 11.4 Å². The number of nitrogen functional groups attached to an aromatic ring is 1. The first kappa shape index (κ1) is 22.3. The number of amides is 2. The number of nitrogens with two attached hydrogens (primary N) is 1. The number of carbonyl (C=O) groups excluding carboxylic acids is 2. The van der Waals surface area contributed by atoms with Crippen LogP contribution in [-0.2, 0) is 16.1 Å². The summed E-state index contributed by atoms with van der Waals surface area (Å²) in [6.45, 7) is 0.490.